The molecule has 0 aromatic carbocycles. The molecule has 0 aromatic rings. The van der Waals surface area contributed by atoms with Crippen LogP contribution in [-0.4, -0.2) is 36.6 Å². The van der Waals surface area contributed by atoms with E-state index >= 15 is 0 Å². The maximum atomic E-state index is 10.4. The highest BCUT2D eigenvalue weighted by Crippen LogP contribution is 2.24. The van der Waals surface area contributed by atoms with Gasteiger partial charge in [-0.1, -0.05) is 58.6 Å². The standard InChI is InChI=1S/C18H34O3/c1-4-6-7-8-9-10-11-12-16-17(19)18(20-13-5-2)15(3)14-21-16/h11-12,15-19H,4-10,13-14H2,1-3H3/t15-,16-,17+,18-/m0/s1. The number of rotatable bonds is 10. The molecule has 0 radical (unpaired) electrons. The van der Waals surface area contributed by atoms with Crippen molar-refractivity contribution in [2.24, 2.45) is 5.92 Å². The third-order valence-corrected chi connectivity index (χ3v) is 4.10. The lowest BCUT2D eigenvalue weighted by molar-refractivity contribution is -0.165. The number of ether oxygens (including phenoxy) is 2. The molecule has 1 saturated heterocycles. The zero-order chi connectivity index (χ0) is 15.5. The molecule has 1 aliphatic rings. The Bertz CT molecular complexity index is 278. The minimum atomic E-state index is -0.545. The summed E-state index contributed by atoms with van der Waals surface area (Å²) >= 11 is 0. The molecule has 0 amide bonds. The van der Waals surface area contributed by atoms with Gasteiger partial charge in [-0.3, -0.25) is 0 Å². The second-order valence-corrected chi connectivity index (χ2v) is 6.23. The summed E-state index contributed by atoms with van der Waals surface area (Å²) in [5, 5.41) is 10.4. The third kappa shape index (κ3) is 6.94. The predicted octanol–water partition coefficient (Wildman–Crippen LogP) is 4.09. The first-order valence-electron chi connectivity index (χ1n) is 8.78. The van der Waals surface area contributed by atoms with E-state index < -0.39 is 6.10 Å². The Hall–Kier alpha value is -0.380. The minimum absolute atomic E-state index is 0.0992. The number of unbranched alkanes of at least 4 members (excludes halogenated alkanes) is 5. The van der Waals surface area contributed by atoms with Crippen LogP contribution in [0.3, 0.4) is 0 Å². The van der Waals surface area contributed by atoms with Crippen molar-refractivity contribution in [1.29, 1.82) is 0 Å². The van der Waals surface area contributed by atoms with Crippen molar-refractivity contribution in [3.8, 4) is 0 Å². The summed E-state index contributed by atoms with van der Waals surface area (Å²) in [5.74, 6) is 0.255. The lowest BCUT2D eigenvalue weighted by Crippen LogP contribution is -2.49. The lowest BCUT2D eigenvalue weighted by Gasteiger charge is -2.37. The first-order chi connectivity index (χ1) is 10.2. The molecule has 3 heteroatoms. The van der Waals surface area contributed by atoms with Crippen LogP contribution < -0.4 is 0 Å². The smallest absolute Gasteiger partial charge is 0.110 e. The summed E-state index contributed by atoms with van der Waals surface area (Å²) in [5.41, 5.74) is 0. The highest BCUT2D eigenvalue weighted by atomic mass is 16.5. The fourth-order valence-corrected chi connectivity index (χ4v) is 2.76. The minimum Gasteiger partial charge on any atom is -0.387 e. The Kier molecular flexibility index (Phi) is 9.98. The fourth-order valence-electron chi connectivity index (χ4n) is 2.76. The van der Waals surface area contributed by atoms with Crippen molar-refractivity contribution in [1.82, 2.24) is 0 Å². The molecule has 4 atom stereocenters. The van der Waals surface area contributed by atoms with Crippen LogP contribution in [0.15, 0.2) is 12.2 Å². The molecule has 0 unspecified atom stereocenters. The van der Waals surface area contributed by atoms with Crippen LogP contribution in [0.5, 0.6) is 0 Å². The molecule has 0 aromatic heterocycles. The van der Waals surface area contributed by atoms with Crippen molar-refractivity contribution in [3.63, 3.8) is 0 Å². The van der Waals surface area contributed by atoms with E-state index in [0.29, 0.717) is 13.2 Å². The van der Waals surface area contributed by atoms with E-state index in [4.69, 9.17) is 9.47 Å². The highest BCUT2D eigenvalue weighted by molar-refractivity contribution is 4.99. The SMILES string of the molecule is CCCCCCCC=C[C@@H]1OC[C@H](C)[C@H](OCCC)[C@@H]1O. The Balaban J connectivity index is 2.30. The van der Waals surface area contributed by atoms with E-state index in [0.717, 1.165) is 12.8 Å². The Morgan fingerprint density at radius 1 is 1.14 bits per heavy atom. The van der Waals surface area contributed by atoms with Crippen molar-refractivity contribution >= 4 is 0 Å². The Morgan fingerprint density at radius 2 is 1.90 bits per heavy atom. The van der Waals surface area contributed by atoms with Gasteiger partial charge in [0.05, 0.1) is 12.7 Å². The maximum Gasteiger partial charge on any atom is 0.110 e. The van der Waals surface area contributed by atoms with Crippen LogP contribution in [-0.2, 0) is 9.47 Å². The van der Waals surface area contributed by atoms with Gasteiger partial charge >= 0.3 is 0 Å². The van der Waals surface area contributed by atoms with E-state index in [1.54, 1.807) is 0 Å². The largest absolute Gasteiger partial charge is 0.387 e. The highest BCUT2D eigenvalue weighted by Gasteiger charge is 2.36. The normalized spacial score (nSPS) is 30.1. The number of hydrogen-bond acceptors (Lipinski definition) is 3. The molecule has 0 bridgehead atoms. The topological polar surface area (TPSA) is 38.7 Å². The number of allylic oxidation sites excluding steroid dienone is 1. The van der Waals surface area contributed by atoms with Gasteiger partial charge in [0.15, 0.2) is 0 Å². The number of hydrogen-bond donors (Lipinski definition) is 1. The molecule has 0 spiro atoms. The second kappa shape index (κ2) is 11.2. The van der Waals surface area contributed by atoms with Crippen LogP contribution in [0.1, 0.15) is 65.7 Å². The average Bonchev–Trinajstić information content (AvgIpc) is 2.48. The zero-order valence-corrected chi connectivity index (χ0v) is 14.1. The Morgan fingerprint density at radius 3 is 2.62 bits per heavy atom. The molecule has 124 valence electrons. The molecule has 21 heavy (non-hydrogen) atoms. The summed E-state index contributed by atoms with van der Waals surface area (Å²) in [6.45, 7) is 7.78. The van der Waals surface area contributed by atoms with Gasteiger partial charge in [0.1, 0.15) is 12.2 Å². The average molecular weight is 298 g/mol. The molecule has 0 saturated carbocycles. The molecule has 0 aliphatic carbocycles. The second-order valence-electron chi connectivity index (χ2n) is 6.23. The number of aliphatic hydroxyl groups excluding tert-OH is 1. The zero-order valence-electron chi connectivity index (χ0n) is 14.1. The van der Waals surface area contributed by atoms with Crippen LogP contribution in [0.25, 0.3) is 0 Å². The van der Waals surface area contributed by atoms with Gasteiger partial charge in [-0.2, -0.15) is 0 Å². The van der Waals surface area contributed by atoms with Gasteiger partial charge in [0, 0.05) is 12.5 Å². The van der Waals surface area contributed by atoms with E-state index in [-0.39, 0.29) is 18.1 Å². The van der Waals surface area contributed by atoms with Gasteiger partial charge in [-0.05, 0) is 19.3 Å². The first-order valence-corrected chi connectivity index (χ1v) is 8.78. The molecule has 1 heterocycles. The van der Waals surface area contributed by atoms with Crippen LogP contribution in [0.2, 0.25) is 0 Å². The van der Waals surface area contributed by atoms with Crippen molar-refractivity contribution in [2.75, 3.05) is 13.2 Å². The van der Waals surface area contributed by atoms with E-state index in [1.165, 1.54) is 32.1 Å². The fraction of sp³-hybridized carbons (Fsp3) is 0.889. The van der Waals surface area contributed by atoms with Crippen molar-refractivity contribution in [3.05, 3.63) is 12.2 Å². The predicted molar refractivity (Wildman–Crippen MR) is 87.5 cm³/mol. The summed E-state index contributed by atoms with van der Waals surface area (Å²) in [7, 11) is 0. The monoisotopic (exact) mass is 298 g/mol. The van der Waals surface area contributed by atoms with Crippen LogP contribution in [0, 0.1) is 5.92 Å². The quantitative estimate of drug-likeness (QED) is 0.487. The Labute approximate surface area is 130 Å². The summed E-state index contributed by atoms with van der Waals surface area (Å²) < 4.78 is 11.5. The van der Waals surface area contributed by atoms with Gasteiger partial charge < -0.3 is 14.6 Å². The molecular weight excluding hydrogens is 264 g/mol. The van der Waals surface area contributed by atoms with E-state index in [1.807, 2.05) is 6.08 Å². The summed E-state index contributed by atoms with van der Waals surface area (Å²) in [6.07, 6.45) is 11.9. The van der Waals surface area contributed by atoms with Gasteiger partial charge in [-0.15, -0.1) is 0 Å². The third-order valence-electron chi connectivity index (χ3n) is 4.10. The number of aliphatic hydroxyl groups is 1. The molecule has 1 aliphatic heterocycles. The summed E-state index contributed by atoms with van der Waals surface area (Å²) in [4.78, 5) is 0. The molecule has 1 fully saturated rings. The van der Waals surface area contributed by atoms with Crippen molar-refractivity contribution < 1.29 is 14.6 Å². The van der Waals surface area contributed by atoms with Gasteiger partial charge in [0.25, 0.3) is 0 Å². The van der Waals surface area contributed by atoms with Gasteiger partial charge in [-0.25, -0.2) is 0 Å². The van der Waals surface area contributed by atoms with E-state index in [9.17, 15) is 5.11 Å². The molecular formula is C18H34O3. The molecule has 1 rings (SSSR count). The van der Waals surface area contributed by atoms with Crippen LogP contribution >= 0.6 is 0 Å². The lowest BCUT2D eigenvalue weighted by atomic mass is 9.93. The van der Waals surface area contributed by atoms with Crippen molar-refractivity contribution in [2.45, 2.75) is 84.0 Å². The first kappa shape index (κ1) is 18.7. The molecule has 3 nitrogen and oxygen atoms in total. The summed E-state index contributed by atoms with van der Waals surface area (Å²) in [6, 6.07) is 0. The van der Waals surface area contributed by atoms with Crippen LogP contribution in [0.4, 0.5) is 0 Å². The molecule has 1 N–H and O–H groups in total. The van der Waals surface area contributed by atoms with Gasteiger partial charge in [0.2, 0.25) is 0 Å². The maximum absolute atomic E-state index is 10.4. The van der Waals surface area contributed by atoms with E-state index in [2.05, 4.69) is 26.8 Å².